The molecule has 1 saturated heterocycles. The SMILES string of the molecule is CC(C)(O/N=C(\C(=O)N[C@H]1CCC(CC(=O)O)OB1O)c1csc(N)n1)C(=O)O. The van der Waals surface area contributed by atoms with Crippen molar-refractivity contribution in [2.45, 2.75) is 50.8 Å². The van der Waals surface area contributed by atoms with E-state index in [4.69, 9.17) is 25.4 Å². The molecule has 0 radical (unpaired) electrons. The van der Waals surface area contributed by atoms with Gasteiger partial charge in [-0.2, -0.15) is 0 Å². The van der Waals surface area contributed by atoms with Crippen molar-refractivity contribution >= 4 is 47.1 Å². The van der Waals surface area contributed by atoms with Gasteiger partial charge in [-0.15, -0.1) is 11.3 Å². The van der Waals surface area contributed by atoms with Gasteiger partial charge in [0.25, 0.3) is 5.91 Å². The van der Waals surface area contributed by atoms with Crippen molar-refractivity contribution in [2.75, 3.05) is 5.73 Å². The maximum absolute atomic E-state index is 12.7. The predicted octanol–water partition coefficient (Wildman–Crippen LogP) is -0.533. The number of anilines is 1. The maximum atomic E-state index is 12.7. The van der Waals surface area contributed by atoms with Crippen molar-refractivity contribution in [2.24, 2.45) is 5.16 Å². The highest BCUT2D eigenvalue weighted by Crippen LogP contribution is 2.20. The zero-order chi connectivity index (χ0) is 21.8. The predicted molar refractivity (Wildman–Crippen MR) is 102 cm³/mol. The van der Waals surface area contributed by atoms with Crippen LogP contribution in [-0.2, 0) is 23.9 Å². The summed E-state index contributed by atoms with van der Waals surface area (Å²) in [6, 6.07) is 0. The number of nitrogens with zero attached hydrogens (tertiary/aromatic N) is 2. The first kappa shape index (κ1) is 22.6. The molecule has 1 amide bonds. The fourth-order valence-electron chi connectivity index (χ4n) is 2.39. The zero-order valence-electron chi connectivity index (χ0n) is 15.7. The number of nitrogens with two attached hydrogens (primary N) is 1. The van der Waals surface area contributed by atoms with E-state index in [-0.39, 0.29) is 29.4 Å². The molecule has 0 saturated carbocycles. The number of nitrogens with one attached hydrogen (secondary N) is 1. The highest BCUT2D eigenvalue weighted by atomic mass is 32.1. The molecule has 1 fully saturated rings. The topological polar surface area (TPSA) is 194 Å². The molecule has 1 unspecified atom stereocenters. The van der Waals surface area contributed by atoms with Gasteiger partial charge in [-0.1, -0.05) is 5.16 Å². The number of carbonyl (C=O) groups is 3. The molecule has 2 rings (SSSR count). The van der Waals surface area contributed by atoms with Gasteiger partial charge >= 0.3 is 19.1 Å². The largest absolute Gasteiger partial charge is 0.481 e. The number of hydrogen-bond donors (Lipinski definition) is 5. The third kappa shape index (κ3) is 6.14. The number of carboxylic acid groups (broad SMARTS) is 2. The van der Waals surface area contributed by atoms with Crippen LogP contribution in [0.4, 0.5) is 5.13 Å². The van der Waals surface area contributed by atoms with Gasteiger partial charge in [0, 0.05) is 5.38 Å². The van der Waals surface area contributed by atoms with Crippen LogP contribution in [0.5, 0.6) is 0 Å². The lowest BCUT2D eigenvalue weighted by Crippen LogP contribution is -2.54. The second-order valence-electron chi connectivity index (χ2n) is 6.82. The molecule has 0 spiro atoms. The average Bonchev–Trinajstić information content (AvgIpc) is 3.03. The van der Waals surface area contributed by atoms with Gasteiger partial charge < -0.3 is 35.8 Å². The van der Waals surface area contributed by atoms with Crippen LogP contribution in [0.2, 0.25) is 0 Å². The second kappa shape index (κ2) is 9.20. The van der Waals surface area contributed by atoms with Crippen LogP contribution < -0.4 is 11.1 Å². The summed E-state index contributed by atoms with van der Waals surface area (Å²) in [7, 11) is -1.42. The van der Waals surface area contributed by atoms with E-state index in [0.29, 0.717) is 6.42 Å². The molecular weight excluding hydrogens is 407 g/mol. The summed E-state index contributed by atoms with van der Waals surface area (Å²) in [6.45, 7) is 2.51. The number of thiazole rings is 1. The van der Waals surface area contributed by atoms with E-state index in [2.05, 4.69) is 15.5 Å². The molecular formula is C15H21BN4O8S. The molecule has 1 aliphatic heterocycles. The third-order valence-corrected chi connectivity index (χ3v) is 4.73. The summed E-state index contributed by atoms with van der Waals surface area (Å²) in [5, 5.41) is 35.8. The Hall–Kier alpha value is -2.71. The second-order valence-corrected chi connectivity index (χ2v) is 7.71. The van der Waals surface area contributed by atoms with E-state index >= 15 is 0 Å². The molecule has 1 aromatic heterocycles. The zero-order valence-corrected chi connectivity index (χ0v) is 16.5. The molecule has 12 nitrogen and oxygen atoms in total. The highest BCUT2D eigenvalue weighted by molar-refractivity contribution is 7.13. The standard InChI is InChI=1S/C15H21BN4O8S/c1-15(2,13(24)25)28-20-11(8-6-29-14(17)18-8)12(23)19-9-4-3-7(5-10(21)22)27-16(9)26/h6-7,9,26H,3-5H2,1-2H3,(H2,17,18)(H,19,23)(H,21,22)(H,24,25)/b20-11-/t7?,9-/m0/s1. The molecule has 6 N–H and O–H groups in total. The Morgan fingerprint density at radius 2 is 2.14 bits per heavy atom. The van der Waals surface area contributed by atoms with Crippen LogP contribution in [0, 0.1) is 0 Å². The number of aliphatic carboxylic acids is 2. The molecule has 1 aromatic rings. The van der Waals surface area contributed by atoms with Gasteiger partial charge in [0.15, 0.2) is 10.8 Å². The van der Waals surface area contributed by atoms with E-state index in [1.54, 1.807) is 0 Å². The first-order valence-electron chi connectivity index (χ1n) is 8.56. The third-order valence-electron chi connectivity index (χ3n) is 4.05. The molecule has 2 heterocycles. The normalized spacial score (nSPS) is 20.2. The Balaban J connectivity index is 2.14. The highest BCUT2D eigenvalue weighted by Gasteiger charge is 2.38. The summed E-state index contributed by atoms with van der Waals surface area (Å²) in [6.07, 6.45) is -0.353. The van der Waals surface area contributed by atoms with Crippen molar-refractivity contribution in [3.05, 3.63) is 11.1 Å². The Morgan fingerprint density at radius 3 is 2.66 bits per heavy atom. The smallest absolute Gasteiger partial charge is 0.478 e. The van der Waals surface area contributed by atoms with Crippen LogP contribution in [0.15, 0.2) is 10.5 Å². The molecule has 0 aromatic carbocycles. The molecule has 0 aliphatic carbocycles. The number of carbonyl (C=O) groups excluding carboxylic acids is 1. The molecule has 158 valence electrons. The van der Waals surface area contributed by atoms with E-state index in [9.17, 15) is 19.4 Å². The van der Waals surface area contributed by atoms with Crippen LogP contribution in [0.3, 0.4) is 0 Å². The monoisotopic (exact) mass is 428 g/mol. The quantitative estimate of drug-likeness (QED) is 0.204. The molecule has 0 bridgehead atoms. The number of oxime groups is 1. The lowest BCUT2D eigenvalue weighted by atomic mass is 9.72. The van der Waals surface area contributed by atoms with Gasteiger partial charge in [-0.05, 0) is 26.7 Å². The summed E-state index contributed by atoms with van der Waals surface area (Å²) in [5.41, 5.74) is 3.63. The number of hydrogen-bond acceptors (Lipinski definition) is 10. The Labute approximate surface area is 169 Å². The summed E-state index contributed by atoms with van der Waals surface area (Å²) >= 11 is 1.05. The van der Waals surface area contributed by atoms with Crippen LogP contribution in [0.1, 0.15) is 38.8 Å². The van der Waals surface area contributed by atoms with Gasteiger partial charge in [0.2, 0.25) is 5.60 Å². The fourth-order valence-corrected chi connectivity index (χ4v) is 2.94. The van der Waals surface area contributed by atoms with Crippen molar-refractivity contribution in [3.63, 3.8) is 0 Å². The Bertz CT molecular complexity index is 814. The van der Waals surface area contributed by atoms with Crippen LogP contribution >= 0.6 is 11.3 Å². The van der Waals surface area contributed by atoms with Gasteiger partial charge in [-0.3, -0.25) is 9.59 Å². The molecule has 14 heteroatoms. The van der Waals surface area contributed by atoms with E-state index in [1.807, 2.05) is 0 Å². The van der Waals surface area contributed by atoms with Gasteiger partial charge in [-0.25, -0.2) is 9.78 Å². The number of aromatic nitrogens is 1. The van der Waals surface area contributed by atoms with Crippen molar-refractivity contribution in [3.8, 4) is 0 Å². The minimum absolute atomic E-state index is 0.0705. The van der Waals surface area contributed by atoms with E-state index in [1.165, 1.54) is 19.2 Å². The minimum atomic E-state index is -1.70. The van der Waals surface area contributed by atoms with Crippen molar-refractivity contribution in [1.82, 2.24) is 10.3 Å². The van der Waals surface area contributed by atoms with Crippen molar-refractivity contribution < 1.29 is 39.1 Å². The van der Waals surface area contributed by atoms with Crippen LogP contribution in [0.25, 0.3) is 0 Å². The lowest BCUT2D eigenvalue weighted by Gasteiger charge is -2.30. The lowest BCUT2D eigenvalue weighted by molar-refractivity contribution is -0.161. The first-order valence-corrected chi connectivity index (χ1v) is 9.44. The molecule has 1 aliphatic rings. The van der Waals surface area contributed by atoms with E-state index < -0.39 is 42.6 Å². The van der Waals surface area contributed by atoms with Gasteiger partial charge in [0.05, 0.1) is 18.5 Å². The minimum Gasteiger partial charge on any atom is -0.481 e. The van der Waals surface area contributed by atoms with E-state index in [0.717, 1.165) is 11.3 Å². The summed E-state index contributed by atoms with van der Waals surface area (Å²) in [4.78, 5) is 43.6. The average molecular weight is 428 g/mol. The number of carboxylic acids is 2. The Kier molecular flexibility index (Phi) is 7.16. The Morgan fingerprint density at radius 1 is 1.45 bits per heavy atom. The number of nitrogen functional groups attached to an aromatic ring is 1. The van der Waals surface area contributed by atoms with Crippen molar-refractivity contribution in [1.29, 1.82) is 0 Å². The van der Waals surface area contributed by atoms with Gasteiger partial charge in [0.1, 0.15) is 5.69 Å². The maximum Gasteiger partial charge on any atom is 0.478 e. The fraction of sp³-hybridized carbons (Fsp3) is 0.533. The number of amides is 1. The van der Waals surface area contributed by atoms with Crippen LogP contribution in [-0.4, -0.2) is 68.5 Å². The summed E-state index contributed by atoms with van der Waals surface area (Å²) < 4.78 is 5.22. The molecule has 2 atom stereocenters. The first-order chi connectivity index (χ1) is 13.5. The summed E-state index contributed by atoms with van der Waals surface area (Å²) in [5.74, 6) is -3.97. The molecule has 29 heavy (non-hydrogen) atoms. The number of rotatable bonds is 8.